The molecule has 0 aromatic heterocycles. The number of hydrogen-bond acceptors (Lipinski definition) is 3. The summed E-state index contributed by atoms with van der Waals surface area (Å²) < 4.78 is 30.6. The van der Waals surface area contributed by atoms with E-state index in [-0.39, 0.29) is 17.7 Å². The standard InChI is InChI=1S/C12H15F2NO3/c1-6-3-4-7(12(13)14)11(18-2)10(6)8(15)5-9(16)17/h3-4,8,12H,5,15H2,1-2H3,(H,16,17). The van der Waals surface area contributed by atoms with Crippen LogP contribution >= 0.6 is 0 Å². The van der Waals surface area contributed by atoms with Crippen LogP contribution in [0.25, 0.3) is 0 Å². The molecule has 100 valence electrons. The Bertz CT molecular complexity index is 449. The maximum absolute atomic E-state index is 12.8. The van der Waals surface area contributed by atoms with E-state index in [1.54, 1.807) is 6.92 Å². The van der Waals surface area contributed by atoms with Crippen molar-refractivity contribution >= 4 is 5.97 Å². The largest absolute Gasteiger partial charge is 0.496 e. The Labute approximate surface area is 103 Å². The molecule has 0 amide bonds. The van der Waals surface area contributed by atoms with Crippen LogP contribution in [0.15, 0.2) is 12.1 Å². The molecule has 0 saturated heterocycles. The monoisotopic (exact) mass is 259 g/mol. The molecule has 0 fully saturated rings. The van der Waals surface area contributed by atoms with E-state index < -0.39 is 18.4 Å². The van der Waals surface area contributed by atoms with Gasteiger partial charge in [0.2, 0.25) is 0 Å². The first-order valence-electron chi connectivity index (χ1n) is 5.31. The molecule has 1 atom stereocenters. The first-order valence-corrected chi connectivity index (χ1v) is 5.31. The van der Waals surface area contributed by atoms with Crippen molar-refractivity contribution in [3.05, 3.63) is 28.8 Å². The quantitative estimate of drug-likeness (QED) is 0.851. The highest BCUT2D eigenvalue weighted by atomic mass is 19.3. The first kappa shape index (κ1) is 14.4. The van der Waals surface area contributed by atoms with Crippen LogP contribution in [-0.4, -0.2) is 18.2 Å². The molecule has 0 aliphatic rings. The van der Waals surface area contributed by atoms with Gasteiger partial charge in [-0.2, -0.15) is 0 Å². The highest BCUT2D eigenvalue weighted by Gasteiger charge is 2.23. The smallest absolute Gasteiger partial charge is 0.305 e. The van der Waals surface area contributed by atoms with Gasteiger partial charge in [0.15, 0.2) is 0 Å². The Hall–Kier alpha value is -1.69. The molecule has 0 radical (unpaired) electrons. The van der Waals surface area contributed by atoms with Gasteiger partial charge >= 0.3 is 5.97 Å². The maximum atomic E-state index is 12.8. The average Bonchev–Trinajstić information content (AvgIpc) is 2.26. The molecule has 1 rings (SSSR count). The van der Waals surface area contributed by atoms with E-state index in [1.807, 2.05) is 0 Å². The van der Waals surface area contributed by atoms with Crippen molar-refractivity contribution in [2.75, 3.05) is 7.11 Å². The van der Waals surface area contributed by atoms with Crippen molar-refractivity contribution in [3.8, 4) is 5.75 Å². The topological polar surface area (TPSA) is 72.5 Å². The molecule has 18 heavy (non-hydrogen) atoms. The van der Waals surface area contributed by atoms with Gasteiger partial charge in [-0.1, -0.05) is 6.07 Å². The van der Waals surface area contributed by atoms with Gasteiger partial charge < -0.3 is 15.6 Å². The van der Waals surface area contributed by atoms with E-state index in [4.69, 9.17) is 15.6 Å². The van der Waals surface area contributed by atoms with Crippen LogP contribution in [0.2, 0.25) is 0 Å². The van der Waals surface area contributed by atoms with Gasteiger partial charge in [0.1, 0.15) is 5.75 Å². The van der Waals surface area contributed by atoms with E-state index >= 15 is 0 Å². The van der Waals surface area contributed by atoms with Crippen LogP contribution in [0.1, 0.15) is 35.6 Å². The molecule has 6 heteroatoms. The zero-order valence-corrected chi connectivity index (χ0v) is 10.1. The zero-order valence-electron chi connectivity index (χ0n) is 10.1. The van der Waals surface area contributed by atoms with Gasteiger partial charge in [-0.05, 0) is 18.6 Å². The number of nitrogens with two attached hydrogens (primary N) is 1. The number of alkyl halides is 2. The number of carbonyl (C=O) groups is 1. The Kier molecular flexibility index (Phi) is 4.61. The molecule has 1 unspecified atom stereocenters. The summed E-state index contributed by atoms with van der Waals surface area (Å²) in [7, 11) is 1.26. The molecule has 1 aromatic carbocycles. The minimum absolute atomic E-state index is 0.0289. The lowest BCUT2D eigenvalue weighted by atomic mass is 9.95. The number of carboxylic acid groups (broad SMARTS) is 1. The van der Waals surface area contributed by atoms with Gasteiger partial charge in [0.25, 0.3) is 6.43 Å². The fourth-order valence-corrected chi connectivity index (χ4v) is 1.87. The van der Waals surface area contributed by atoms with Gasteiger partial charge in [0.05, 0.1) is 19.1 Å². The molecule has 3 N–H and O–H groups in total. The van der Waals surface area contributed by atoms with E-state index in [0.717, 1.165) is 0 Å². The maximum Gasteiger partial charge on any atom is 0.305 e. The van der Waals surface area contributed by atoms with Gasteiger partial charge in [0, 0.05) is 11.6 Å². The van der Waals surface area contributed by atoms with Gasteiger partial charge in [-0.25, -0.2) is 8.78 Å². The summed E-state index contributed by atoms with van der Waals surface area (Å²) >= 11 is 0. The van der Waals surface area contributed by atoms with E-state index in [2.05, 4.69) is 0 Å². The molecular weight excluding hydrogens is 244 g/mol. The van der Waals surface area contributed by atoms with E-state index in [9.17, 15) is 13.6 Å². The summed E-state index contributed by atoms with van der Waals surface area (Å²) in [6, 6.07) is 1.87. The predicted octanol–water partition coefficient (Wildman–Crippen LogP) is 2.42. The highest BCUT2D eigenvalue weighted by molar-refractivity contribution is 5.68. The number of rotatable bonds is 5. The molecule has 0 saturated carbocycles. The number of aliphatic carboxylic acids is 1. The summed E-state index contributed by atoms with van der Waals surface area (Å²) in [6.45, 7) is 1.68. The number of halogens is 2. The third kappa shape index (κ3) is 2.95. The second-order valence-corrected chi connectivity index (χ2v) is 3.92. The molecule has 0 spiro atoms. The molecule has 0 aliphatic carbocycles. The minimum Gasteiger partial charge on any atom is -0.496 e. The van der Waals surface area contributed by atoms with Crippen molar-refractivity contribution in [2.45, 2.75) is 25.8 Å². The molecule has 4 nitrogen and oxygen atoms in total. The average molecular weight is 259 g/mol. The number of carboxylic acids is 1. The summed E-state index contributed by atoms with van der Waals surface area (Å²) in [5, 5.41) is 8.71. The van der Waals surface area contributed by atoms with Crippen LogP contribution in [0, 0.1) is 6.92 Å². The van der Waals surface area contributed by atoms with E-state index in [1.165, 1.54) is 19.2 Å². The van der Waals surface area contributed by atoms with Crippen molar-refractivity contribution in [1.29, 1.82) is 0 Å². The van der Waals surface area contributed by atoms with Gasteiger partial charge in [-0.3, -0.25) is 4.79 Å². The predicted molar refractivity (Wildman–Crippen MR) is 61.9 cm³/mol. The number of hydrogen-bond donors (Lipinski definition) is 2. The Morgan fingerprint density at radius 1 is 1.50 bits per heavy atom. The fourth-order valence-electron chi connectivity index (χ4n) is 1.87. The SMILES string of the molecule is COc1c(C(F)F)ccc(C)c1C(N)CC(=O)O. The summed E-state index contributed by atoms with van der Waals surface area (Å²) in [5.41, 5.74) is 6.40. The van der Waals surface area contributed by atoms with Gasteiger partial charge in [-0.15, -0.1) is 0 Å². The molecule has 0 bridgehead atoms. The summed E-state index contributed by atoms with van der Waals surface area (Å²) in [6.07, 6.45) is -3.04. The Morgan fingerprint density at radius 3 is 2.56 bits per heavy atom. The van der Waals surface area contributed by atoms with Crippen LogP contribution in [-0.2, 0) is 4.79 Å². The Balaban J connectivity index is 3.31. The lowest BCUT2D eigenvalue weighted by Crippen LogP contribution is -2.18. The zero-order chi connectivity index (χ0) is 13.9. The van der Waals surface area contributed by atoms with Crippen LogP contribution < -0.4 is 10.5 Å². The second-order valence-electron chi connectivity index (χ2n) is 3.92. The number of aryl methyl sites for hydroxylation is 1. The fraction of sp³-hybridized carbons (Fsp3) is 0.417. The molecular formula is C12H15F2NO3. The van der Waals surface area contributed by atoms with Crippen LogP contribution in [0.5, 0.6) is 5.75 Å². The van der Waals surface area contributed by atoms with Crippen molar-refractivity contribution < 1.29 is 23.4 Å². The molecule has 0 heterocycles. The Morgan fingerprint density at radius 2 is 2.11 bits per heavy atom. The third-order valence-corrected chi connectivity index (χ3v) is 2.65. The normalized spacial score (nSPS) is 12.6. The second kappa shape index (κ2) is 5.77. The number of methoxy groups -OCH3 is 1. The van der Waals surface area contributed by atoms with Crippen molar-refractivity contribution in [2.24, 2.45) is 5.73 Å². The van der Waals surface area contributed by atoms with Crippen molar-refractivity contribution in [3.63, 3.8) is 0 Å². The first-order chi connectivity index (χ1) is 8.38. The van der Waals surface area contributed by atoms with Crippen LogP contribution in [0.4, 0.5) is 8.78 Å². The summed E-state index contributed by atoms with van der Waals surface area (Å²) in [4.78, 5) is 10.6. The lowest BCUT2D eigenvalue weighted by molar-refractivity contribution is -0.137. The third-order valence-electron chi connectivity index (χ3n) is 2.65. The van der Waals surface area contributed by atoms with Crippen LogP contribution in [0.3, 0.4) is 0 Å². The highest BCUT2D eigenvalue weighted by Crippen LogP contribution is 2.37. The minimum atomic E-state index is -2.70. The van der Waals surface area contributed by atoms with Crippen molar-refractivity contribution in [1.82, 2.24) is 0 Å². The summed E-state index contributed by atoms with van der Waals surface area (Å²) in [5.74, 6) is -1.12. The number of ether oxygens (including phenoxy) is 1. The number of benzene rings is 1. The van der Waals surface area contributed by atoms with E-state index in [0.29, 0.717) is 11.1 Å². The lowest BCUT2D eigenvalue weighted by Gasteiger charge is -2.19. The molecule has 1 aromatic rings. The molecule has 0 aliphatic heterocycles.